The number of rotatable bonds is 6. The van der Waals surface area contributed by atoms with E-state index in [4.69, 9.17) is 5.73 Å². The minimum Gasteiger partial charge on any atom is -0.508 e. The van der Waals surface area contributed by atoms with Crippen molar-refractivity contribution in [3.63, 3.8) is 0 Å². The first-order valence-electron chi connectivity index (χ1n) is 5.26. The first-order valence-corrected chi connectivity index (χ1v) is 6.74. The standard InChI is InChI=1S/C10H17N3O3S/c1-2-5-12-17(15,16)13-7-8-6-9(11)3-4-10(8)14/h3-4,6,12-14H,2,5,7,11H2,1H3. The third-order valence-electron chi connectivity index (χ3n) is 2.10. The summed E-state index contributed by atoms with van der Waals surface area (Å²) in [5.41, 5.74) is 6.45. The summed E-state index contributed by atoms with van der Waals surface area (Å²) < 4.78 is 27.5. The van der Waals surface area contributed by atoms with Crippen LogP contribution in [0.4, 0.5) is 5.69 Å². The highest BCUT2D eigenvalue weighted by molar-refractivity contribution is 7.87. The van der Waals surface area contributed by atoms with Gasteiger partial charge >= 0.3 is 0 Å². The van der Waals surface area contributed by atoms with Gasteiger partial charge in [-0.05, 0) is 24.6 Å². The summed E-state index contributed by atoms with van der Waals surface area (Å²) in [5, 5.41) is 9.50. The van der Waals surface area contributed by atoms with Gasteiger partial charge in [0.25, 0.3) is 10.2 Å². The number of benzene rings is 1. The summed E-state index contributed by atoms with van der Waals surface area (Å²) in [4.78, 5) is 0. The predicted octanol–water partition coefficient (Wildman–Crippen LogP) is 0.308. The second-order valence-corrected chi connectivity index (χ2v) is 5.19. The number of phenolic OH excluding ortho intramolecular Hbond substituents is 1. The molecule has 1 aromatic rings. The maximum Gasteiger partial charge on any atom is 0.277 e. The Balaban J connectivity index is 2.64. The number of anilines is 1. The number of phenols is 1. The highest BCUT2D eigenvalue weighted by atomic mass is 32.2. The fourth-order valence-electron chi connectivity index (χ4n) is 1.21. The van der Waals surface area contributed by atoms with Crippen LogP contribution in [0.5, 0.6) is 5.75 Å². The van der Waals surface area contributed by atoms with Crippen LogP contribution in [-0.2, 0) is 16.8 Å². The van der Waals surface area contributed by atoms with Crippen LogP contribution in [0, 0.1) is 0 Å². The molecule has 1 rings (SSSR count). The Morgan fingerprint density at radius 3 is 2.71 bits per heavy atom. The van der Waals surface area contributed by atoms with Gasteiger partial charge in [0.1, 0.15) is 5.75 Å². The van der Waals surface area contributed by atoms with Gasteiger partial charge < -0.3 is 10.8 Å². The first kappa shape index (κ1) is 13.8. The van der Waals surface area contributed by atoms with Crippen molar-refractivity contribution in [3.8, 4) is 5.75 Å². The lowest BCUT2D eigenvalue weighted by molar-refractivity contribution is 0.467. The average molecular weight is 259 g/mol. The zero-order valence-corrected chi connectivity index (χ0v) is 10.4. The van der Waals surface area contributed by atoms with Gasteiger partial charge in [-0.1, -0.05) is 6.92 Å². The molecule has 1 aromatic carbocycles. The van der Waals surface area contributed by atoms with Crippen molar-refractivity contribution < 1.29 is 13.5 Å². The van der Waals surface area contributed by atoms with Crippen LogP contribution in [-0.4, -0.2) is 20.1 Å². The van der Waals surface area contributed by atoms with Crippen molar-refractivity contribution >= 4 is 15.9 Å². The van der Waals surface area contributed by atoms with Crippen LogP contribution in [0.25, 0.3) is 0 Å². The number of hydrogen-bond donors (Lipinski definition) is 4. The van der Waals surface area contributed by atoms with E-state index in [1.54, 1.807) is 6.07 Å². The molecule has 0 amide bonds. The molecule has 96 valence electrons. The molecule has 0 heterocycles. The van der Waals surface area contributed by atoms with Gasteiger partial charge in [0.2, 0.25) is 0 Å². The predicted molar refractivity (Wildman–Crippen MR) is 66.6 cm³/mol. The summed E-state index contributed by atoms with van der Waals surface area (Å²) in [6.07, 6.45) is 0.713. The number of nitrogens with one attached hydrogen (secondary N) is 2. The summed E-state index contributed by atoms with van der Waals surface area (Å²) >= 11 is 0. The Bertz CT molecular complexity index is 474. The largest absolute Gasteiger partial charge is 0.508 e. The molecule has 0 unspecified atom stereocenters. The monoisotopic (exact) mass is 259 g/mol. The summed E-state index contributed by atoms with van der Waals surface area (Å²) in [6, 6.07) is 4.50. The molecule has 0 spiro atoms. The van der Waals surface area contributed by atoms with Crippen LogP contribution >= 0.6 is 0 Å². The molecule has 0 bridgehead atoms. The molecule has 0 fully saturated rings. The minimum atomic E-state index is -3.52. The average Bonchev–Trinajstić information content (AvgIpc) is 2.28. The Hall–Kier alpha value is -1.31. The SMILES string of the molecule is CCCNS(=O)(=O)NCc1cc(N)ccc1O. The van der Waals surface area contributed by atoms with E-state index in [0.717, 1.165) is 0 Å². The van der Waals surface area contributed by atoms with E-state index in [1.165, 1.54) is 12.1 Å². The molecule has 0 aliphatic carbocycles. The van der Waals surface area contributed by atoms with Gasteiger partial charge in [0.05, 0.1) is 0 Å². The molecule has 0 aliphatic heterocycles. The van der Waals surface area contributed by atoms with E-state index < -0.39 is 10.2 Å². The second kappa shape index (κ2) is 5.85. The number of aromatic hydroxyl groups is 1. The van der Waals surface area contributed by atoms with Gasteiger partial charge in [-0.2, -0.15) is 13.1 Å². The van der Waals surface area contributed by atoms with E-state index in [0.29, 0.717) is 24.2 Å². The third-order valence-corrected chi connectivity index (χ3v) is 3.21. The molecule has 0 aliphatic rings. The first-order chi connectivity index (χ1) is 7.94. The van der Waals surface area contributed by atoms with E-state index in [9.17, 15) is 13.5 Å². The normalized spacial score (nSPS) is 11.6. The number of nitrogen functional groups attached to an aromatic ring is 1. The molecule has 0 saturated heterocycles. The van der Waals surface area contributed by atoms with Gasteiger partial charge in [0, 0.05) is 24.3 Å². The molecule has 0 saturated carbocycles. The minimum absolute atomic E-state index is 0.00405. The number of nitrogens with two attached hydrogens (primary N) is 1. The summed E-state index contributed by atoms with van der Waals surface area (Å²) in [6.45, 7) is 2.24. The van der Waals surface area contributed by atoms with Crippen LogP contribution in [0.1, 0.15) is 18.9 Å². The lowest BCUT2D eigenvalue weighted by Crippen LogP contribution is -2.36. The smallest absolute Gasteiger partial charge is 0.277 e. The zero-order valence-electron chi connectivity index (χ0n) is 9.60. The fourth-order valence-corrected chi connectivity index (χ4v) is 2.13. The van der Waals surface area contributed by atoms with Crippen molar-refractivity contribution in [2.24, 2.45) is 0 Å². The van der Waals surface area contributed by atoms with Crippen molar-refractivity contribution in [1.29, 1.82) is 0 Å². The van der Waals surface area contributed by atoms with Gasteiger partial charge in [-0.15, -0.1) is 0 Å². The van der Waals surface area contributed by atoms with E-state index in [1.807, 2.05) is 6.92 Å². The quantitative estimate of drug-likeness (QED) is 0.436. The number of hydrogen-bond acceptors (Lipinski definition) is 4. The highest BCUT2D eigenvalue weighted by Gasteiger charge is 2.09. The van der Waals surface area contributed by atoms with E-state index in [2.05, 4.69) is 9.44 Å². The Morgan fingerprint density at radius 2 is 2.06 bits per heavy atom. The molecular formula is C10H17N3O3S. The van der Waals surface area contributed by atoms with Gasteiger partial charge in [0.15, 0.2) is 0 Å². The fraction of sp³-hybridized carbons (Fsp3) is 0.400. The van der Waals surface area contributed by atoms with Gasteiger partial charge in [-0.3, -0.25) is 0 Å². The lowest BCUT2D eigenvalue weighted by Gasteiger charge is -2.09. The summed E-state index contributed by atoms with van der Waals surface area (Å²) in [7, 11) is -3.52. The van der Waals surface area contributed by atoms with Crippen LogP contribution in [0.15, 0.2) is 18.2 Å². The van der Waals surface area contributed by atoms with Crippen LogP contribution in [0.2, 0.25) is 0 Å². The van der Waals surface area contributed by atoms with Crippen molar-refractivity contribution in [1.82, 2.24) is 9.44 Å². The molecule has 17 heavy (non-hydrogen) atoms. The molecule has 0 atom stereocenters. The molecule has 0 aromatic heterocycles. The highest BCUT2D eigenvalue weighted by Crippen LogP contribution is 2.19. The summed E-state index contributed by atoms with van der Waals surface area (Å²) in [5.74, 6) is 0.0115. The Morgan fingerprint density at radius 1 is 1.35 bits per heavy atom. The second-order valence-electron chi connectivity index (χ2n) is 3.61. The van der Waals surface area contributed by atoms with Crippen molar-refractivity contribution in [2.45, 2.75) is 19.9 Å². The Labute approximate surface area is 101 Å². The van der Waals surface area contributed by atoms with Crippen LogP contribution < -0.4 is 15.2 Å². The zero-order chi connectivity index (χ0) is 12.9. The maximum absolute atomic E-state index is 11.4. The van der Waals surface area contributed by atoms with Gasteiger partial charge in [-0.25, -0.2) is 4.72 Å². The molecule has 7 heteroatoms. The van der Waals surface area contributed by atoms with Crippen molar-refractivity contribution in [2.75, 3.05) is 12.3 Å². The lowest BCUT2D eigenvalue weighted by atomic mass is 10.2. The van der Waals surface area contributed by atoms with E-state index in [-0.39, 0.29) is 12.3 Å². The molecule has 0 radical (unpaired) electrons. The maximum atomic E-state index is 11.4. The van der Waals surface area contributed by atoms with Crippen molar-refractivity contribution in [3.05, 3.63) is 23.8 Å². The third kappa shape index (κ3) is 4.59. The molecular weight excluding hydrogens is 242 g/mol. The molecule has 5 N–H and O–H groups in total. The topological polar surface area (TPSA) is 104 Å². The Kier molecular flexibility index (Phi) is 4.73. The molecule has 6 nitrogen and oxygen atoms in total. The van der Waals surface area contributed by atoms with Crippen LogP contribution in [0.3, 0.4) is 0 Å². The van der Waals surface area contributed by atoms with E-state index >= 15 is 0 Å².